The Morgan fingerprint density at radius 2 is 2.10 bits per heavy atom. The van der Waals surface area contributed by atoms with Gasteiger partial charge in [0.25, 0.3) is 0 Å². The Kier molecular flexibility index (Phi) is 4.51. The molecule has 108 valence electrons. The Bertz CT molecular complexity index is 701. The van der Waals surface area contributed by atoms with E-state index in [1.165, 1.54) is 31.4 Å². The summed E-state index contributed by atoms with van der Waals surface area (Å²) in [6, 6.07) is 9.82. The number of hydrogen-bond acceptors (Lipinski definition) is 4. The van der Waals surface area contributed by atoms with Crippen molar-refractivity contribution in [1.29, 1.82) is 5.26 Å². The molecule has 0 aliphatic heterocycles. The quantitative estimate of drug-likeness (QED) is 0.900. The molecule has 0 saturated carbocycles. The first-order chi connectivity index (χ1) is 10.0. The maximum absolute atomic E-state index is 13.1. The SMILES string of the molecule is COc1ccc(O)c(C(C#N)Nc2ccc(F)c(Cl)c2)c1. The third kappa shape index (κ3) is 3.36. The Balaban J connectivity index is 2.32. The fourth-order valence-electron chi connectivity index (χ4n) is 1.82. The number of ether oxygens (including phenoxy) is 1. The van der Waals surface area contributed by atoms with Crippen molar-refractivity contribution in [1.82, 2.24) is 0 Å². The van der Waals surface area contributed by atoms with Crippen LogP contribution in [-0.2, 0) is 0 Å². The summed E-state index contributed by atoms with van der Waals surface area (Å²) in [7, 11) is 1.49. The first kappa shape index (κ1) is 14.9. The van der Waals surface area contributed by atoms with E-state index in [4.69, 9.17) is 16.3 Å². The number of hydrogen-bond donors (Lipinski definition) is 2. The molecule has 0 saturated heterocycles. The minimum atomic E-state index is -0.832. The van der Waals surface area contributed by atoms with Crippen molar-refractivity contribution in [2.24, 2.45) is 0 Å². The summed E-state index contributed by atoms with van der Waals surface area (Å²) in [4.78, 5) is 0. The standard InChI is InChI=1S/C15H12ClFN2O2/c1-21-10-3-5-15(20)11(7-10)14(8-18)19-9-2-4-13(17)12(16)6-9/h2-7,14,19-20H,1H3. The van der Waals surface area contributed by atoms with E-state index < -0.39 is 11.9 Å². The normalized spacial score (nSPS) is 11.5. The second kappa shape index (κ2) is 6.33. The number of methoxy groups -OCH3 is 1. The monoisotopic (exact) mass is 306 g/mol. The number of nitrogens with one attached hydrogen (secondary N) is 1. The van der Waals surface area contributed by atoms with E-state index in [1.54, 1.807) is 12.1 Å². The minimum Gasteiger partial charge on any atom is -0.508 e. The molecular formula is C15H12ClFN2O2. The number of nitriles is 1. The molecule has 21 heavy (non-hydrogen) atoms. The second-order valence-corrected chi connectivity index (χ2v) is 4.67. The van der Waals surface area contributed by atoms with Crippen LogP contribution in [0.4, 0.5) is 10.1 Å². The van der Waals surface area contributed by atoms with E-state index in [-0.39, 0.29) is 10.8 Å². The fourth-order valence-corrected chi connectivity index (χ4v) is 2.00. The molecule has 0 heterocycles. The Morgan fingerprint density at radius 3 is 2.71 bits per heavy atom. The molecule has 2 rings (SSSR count). The van der Waals surface area contributed by atoms with Gasteiger partial charge in [0, 0.05) is 11.3 Å². The lowest BCUT2D eigenvalue weighted by Crippen LogP contribution is -2.09. The summed E-state index contributed by atoms with van der Waals surface area (Å²) in [5.41, 5.74) is 0.826. The predicted octanol–water partition coefficient (Wildman–Crippen LogP) is 3.87. The highest BCUT2D eigenvalue weighted by molar-refractivity contribution is 6.31. The molecule has 0 fully saturated rings. The molecule has 4 nitrogen and oxygen atoms in total. The average molecular weight is 307 g/mol. The van der Waals surface area contributed by atoms with Crippen molar-refractivity contribution in [3.05, 3.63) is 52.8 Å². The molecule has 0 aromatic heterocycles. The number of anilines is 1. The van der Waals surface area contributed by atoms with Crippen LogP contribution in [0.1, 0.15) is 11.6 Å². The number of phenolic OH excluding ortho intramolecular Hbond substituents is 1. The van der Waals surface area contributed by atoms with Gasteiger partial charge < -0.3 is 15.2 Å². The number of benzene rings is 2. The van der Waals surface area contributed by atoms with Crippen molar-refractivity contribution >= 4 is 17.3 Å². The summed E-state index contributed by atoms with van der Waals surface area (Å²) in [6.45, 7) is 0. The average Bonchev–Trinajstić information content (AvgIpc) is 2.49. The van der Waals surface area contributed by atoms with E-state index in [2.05, 4.69) is 5.32 Å². The van der Waals surface area contributed by atoms with Gasteiger partial charge in [-0.2, -0.15) is 5.26 Å². The van der Waals surface area contributed by atoms with Crippen LogP contribution in [0.25, 0.3) is 0 Å². The summed E-state index contributed by atoms with van der Waals surface area (Å²) in [6.07, 6.45) is 0. The van der Waals surface area contributed by atoms with Crippen LogP contribution >= 0.6 is 11.6 Å². The van der Waals surface area contributed by atoms with Crippen molar-refractivity contribution in [2.75, 3.05) is 12.4 Å². The lowest BCUT2D eigenvalue weighted by Gasteiger charge is -2.15. The maximum atomic E-state index is 13.1. The van der Waals surface area contributed by atoms with Crippen LogP contribution in [0.15, 0.2) is 36.4 Å². The van der Waals surface area contributed by atoms with Gasteiger partial charge in [-0.05, 0) is 36.4 Å². The molecule has 2 N–H and O–H groups in total. The lowest BCUT2D eigenvalue weighted by molar-refractivity contribution is 0.410. The molecule has 1 atom stereocenters. The topological polar surface area (TPSA) is 65.3 Å². The Morgan fingerprint density at radius 1 is 1.33 bits per heavy atom. The minimum absolute atomic E-state index is 0.0388. The first-order valence-electron chi connectivity index (χ1n) is 6.03. The highest BCUT2D eigenvalue weighted by atomic mass is 35.5. The van der Waals surface area contributed by atoms with Gasteiger partial charge in [-0.25, -0.2) is 4.39 Å². The van der Waals surface area contributed by atoms with Gasteiger partial charge in [-0.15, -0.1) is 0 Å². The van der Waals surface area contributed by atoms with Gasteiger partial charge in [0.2, 0.25) is 0 Å². The molecule has 0 radical (unpaired) electrons. The van der Waals surface area contributed by atoms with Crippen LogP contribution < -0.4 is 10.1 Å². The van der Waals surface area contributed by atoms with Gasteiger partial charge in [0.05, 0.1) is 18.2 Å². The number of phenols is 1. The molecule has 2 aromatic carbocycles. The Hall–Kier alpha value is -2.45. The van der Waals surface area contributed by atoms with E-state index in [1.807, 2.05) is 6.07 Å². The van der Waals surface area contributed by atoms with Crippen LogP contribution in [0.2, 0.25) is 5.02 Å². The van der Waals surface area contributed by atoms with E-state index >= 15 is 0 Å². The second-order valence-electron chi connectivity index (χ2n) is 4.26. The first-order valence-corrected chi connectivity index (χ1v) is 6.41. The molecule has 2 aromatic rings. The molecule has 0 bridgehead atoms. The van der Waals surface area contributed by atoms with Crippen LogP contribution in [0.5, 0.6) is 11.5 Å². The van der Waals surface area contributed by atoms with Crippen molar-refractivity contribution < 1.29 is 14.2 Å². The van der Waals surface area contributed by atoms with Crippen LogP contribution in [-0.4, -0.2) is 12.2 Å². The highest BCUT2D eigenvalue weighted by Crippen LogP contribution is 2.31. The zero-order valence-electron chi connectivity index (χ0n) is 11.1. The molecule has 0 aliphatic rings. The highest BCUT2D eigenvalue weighted by Gasteiger charge is 2.16. The third-order valence-corrected chi connectivity index (χ3v) is 3.20. The summed E-state index contributed by atoms with van der Waals surface area (Å²) < 4.78 is 18.2. The molecule has 1 unspecified atom stereocenters. The van der Waals surface area contributed by atoms with Crippen LogP contribution in [0.3, 0.4) is 0 Å². The number of aromatic hydroxyl groups is 1. The van der Waals surface area contributed by atoms with Gasteiger partial charge in [-0.1, -0.05) is 11.6 Å². The smallest absolute Gasteiger partial charge is 0.143 e. The summed E-state index contributed by atoms with van der Waals surface area (Å²) >= 11 is 5.70. The lowest BCUT2D eigenvalue weighted by atomic mass is 10.1. The number of rotatable bonds is 4. The van der Waals surface area contributed by atoms with Crippen LogP contribution in [0, 0.1) is 17.1 Å². The fraction of sp³-hybridized carbons (Fsp3) is 0.133. The van der Waals surface area contributed by atoms with Gasteiger partial charge in [-0.3, -0.25) is 0 Å². The molecule has 0 aliphatic carbocycles. The largest absolute Gasteiger partial charge is 0.508 e. The van der Waals surface area contributed by atoms with Crippen molar-refractivity contribution in [2.45, 2.75) is 6.04 Å². The predicted molar refractivity (Wildman–Crippen MR) is 78.0 cm³/mol. The third-order valence-electron chi connectivity index (χ3n) is 2.91. The number of nitrogens with zero attached hydrogens (tertiary/aromatic N) is 1. The summed E-state index contributed by atoms with van der Waals surface area (Å²) in [5, 5.41) is 22.0. The van der Waals surface area contributed by atoms with Gasteiger partial charge in [0.1, 0.15) is 23.4 Å². The van der Waals surface area contributed by atoms with Gasteiger partial charge >= 0.3 is 0 Å². The van der Waals surface area contributed by atoms with Gasteiger partial charge in [0.15, 0.2) is 0 Å². The van der Waals surface area contributed by atoms with E-state index in [0.29, 0.717) is 17.0 Å². The molecule has 6 heteroatoms. The maximum Gasteiger partial charge on any atom is 0.143 e. The zero-order chi connectivity index (χ0) is 15.4. The number of halogens is 2. The van der Waals surface area contributed by atoms with E-state index in [9.17, 15) is 14.8 Å². The summed E-state index contributed by atoms with van der Waals surface area (Å²) in [5.74, 6) is -0.0648. The molecule has 0 spiro atoms. The van der Waals surface area contributed by atoms with Crippen molar-refractivity contribution in [3.63, 3.8) is 0 Å². The molecule has 0 amide bonds. The Labute approximate surface area is 126 Å². The van der Waals surface area contributed by atoms with Crippen molar-refractivity contribution in [3.8, 4) is 17.6 Å². The molecular weight excluding hydrogens is 295 g/mol. The zero-order valence-corrected chi connectivity index (χ0v) is 11.9. The van der Waals surface area contributed by atoms with E-state index in [0.717, 1.165) is 0 Å².